The molecule has 0 fully saturated rings. The van der Waals surface area contributed by atoms with Crippen molar-refractivity contribution in [3.05, 3.63) is 89.0 Å². The van der Waals surface area contributed by atoms with E-state index in [0.29, 0.717) is 11.4 Å². The van der Waals surface area contributed by atoms with Crippen LogP contribution in [0.3, 0.4) is 0 Å². The standard InChI is InChI=1S/C21H14N4O3/c26-18-13-7-5-11-16(18)21-23-19(14-8-2-1-3-9-14)22-20(24-21)15-10-4-6-12-17(15)25(27)28/h1-13,26H. The maximum absolute atomic E-state index is 11.5. The van der Waals surface area contributed by atoms with E-state index in [1.165, 1.54) is 12.1 Å². The van der Waals surface area contributed by atoms with Gasteiger partial charge in [-0.05, 0) is 18.2 Å². The molecule has 0 bridgehead atoms. The van der Waals surface area contributed by atoms with Crippen LogP contribution in [0, 0.1) is 10.1 Å². The van der Waals surface area contributed by atoms with Crippen molar-refractivity contribution in [2.75, 3.05) is 0 Å². The lowest BCUT2D eigenvalue weighted by atomic mass is 10.1. The van der Waals surface area contributed by atoms with E-state index >= 15 is 0 Å². The molecule has 0 aliphatic carbocycles. The van der Waals surface area contributed by atoms with Gasteiger partial charge in [-0.3, -0.25) is 10.1 Å². The molecule has 7 nitrogen and oxygen atoms in total. The molecule has 1 aromatic heterocycles. The monoisotopic (exact) mass is 370 g/mol. The third-order valence-corrected chi connectivity index (χ3v) is 4.15. The Hall–Kier alpha value is -4.13. The Bertz CT molecular complexity index is 1160. The molecular weight excluding hydrogens is 356 g/mol. The summed E-state index contributed by atoms with van der Waals surface area (Å²) in [5, 5.41) is 21.7. The molecule has 1 N–H and O–H groups in total. The van der Waals surface area contributed by atoms with E-state index in [9.17, 15) is 15.2 Å². The van der Waals surface area contributed by atoms with Gasteiger partial charge in [0.05, 0.1) is 16.1 Å². The van der Waals surface area contributed by atoms with Crippen LogP contribution in [0.15, 0.2) is 78.9 Å². The highest BCUT2D eigenvalue weighted by atomic mass is 16.6. The van der Waals surface area contributed by atoms with E-state index < -0.39 is 4.92 Å². The number of aromatic hydroxyl groups is 1. The SMILES string of the molecule is O=[N+]([O-])c1ccccc1-c1nc(-c2ccccc2)nc(-c2ccccc2O)n1. The molecule has 0 amide bonds. The van der Waals surface area contributed by atoms with Gasteiger partial charge >= 0.3 is 0 Å². The molecule has 3 aromatic carbocycles. The Morgan fingerprint density at radius 2 is 1.21 bits per heavy atom. The summed E-state index contributed by atoms with van der Waals surface area (Å²) in [7, 11) is 0. The van der Waals surface area contributed by atoms with Crippen LogP contribution >= 0.6 is 0 Å². The zero-order chi connectivity index (χ0) is 19.5. The van der Waals surface area contributed by atoms with Crippen LogP contribution in [0.2, 0.25) is 0 Å². The molecule has 0 unspecified atom stereocenters. The maximum Gasteiger partial charge on any atom is 0.280 e. The van der Waals surface area contributed by atoms with Gasteiger partial charge in [-0.25, -0.2) is 15.0 Å². The number of hydrogen-bond donors (Lipinski definition) is 1. The molecule has 0 saturated carbocycles. The van der Waals surface area contributed by atoms with Crippen LogP contribution in [-0.2, 0) is 0 Å². The first-order valence-electron chi connectivity index (χ1n) is 8.47. The summed E-state index contributed by atoms with van der Waals surface area (Å²) < 4.78 is 0. The summed E-state index contributed by atoms with van der Waals surface area (Å²) >= 11 is 0. The zero-order valence-corrected chi connectivity index (χ0v) is 14.6. The van der Waals surface area contributed by atoms with Crippen LogP contribution < -0.4 is 0 Å². The molecule has 7 heteroatoms. The molecule has 28 heavy (non-hydrogen) atoms. The largest absolute Gasteiger partial charge is 0.507 e. The van der Waals surface area contributed by atoms with Crippen molar-refractivity contribution < 1.29 is 10.0 Å². The van der Waals surface area contributed by atoms with Gasteiger partial charge in [0.25, 0.3) is 5.69 Å². The van der Waals surface area contributed by atoms with Gasteiger partial charge in [-0.15, -0.1) is 0 Å². The number of nitro groups is 1. The number of benzene rings is 3. The summed E-state index contributed by atoms with van der Waals surface area (Å²) in [6.45, 7) is 0. The fourth-order valence-electron chi connectivity index (χ4n) is 2.82. The highest BCUT2D eigenvalue weighted by Gasteiger charge is 2.20. The Balaban J connectivity index is 1.99. The topological polar surface area (TPSA) is 102 Å². The van der Waals surface area contributed by atoms with Crippen molar-refractivity contribution in [3.63, 3.8) is 0 Å². The van der Waals surface area contributed by atoms with Crippen LogP contribution in [0.5, 0.6) is 5.75 Å². The van der Waals surface area contributed by atoms with Gasteiger partial charge in [0.2, 0.25) is 0 Å². The quantitative estimate of drug-likeness (QED) is 0.419. The third-order valence-electron chi connectivity index (χ3n) is 4.15. The molecule has 136 valence electrons. The number of phenolic OH excluding ortho intramolecular Hbond substituents is 1. The molecule has 0 saturated heterocycles. The average Bonchev–Trinajstić information content (AvgIpc) is 2.74. The van der Waals surface area contributed by atoms with E-state index in [1.807, 2.05) is 30.3 Å². The van der Waals surface area contributed by atoms with E-state index in [4.69, 9.17) is 0 Å². The number of aromatic nitrogens is 3. The fraction of sp³-hybridized carbons (Fsp3) is 0. The molecule has 4 aromatic rings. The fourth-order valence-corrected chi connectivity index (χ4v) is 2.82. The van der Waals surface area contributed by atoms with Gasteiger partial charge in [0, 0.05) is 11.6 Å². The number of hydrogen-bond acceptors (Lipinski definition) is 6. The second-order valence-corrected chi connectivity index (χ2v) is 5.96. The molecule has 4 rings (SSSR count). The van der Waals surface area contributed by atoms with Gasteiger partial charge in [-0.2, -0.15) is 0 Å². The number of para-hydroxylation sites is 2. The van der Waals surface area contributed by atoms with Gasteiger partial charge in [-0.1, -0.05) is 54.6 Å². The molecule has 0 spiro atoms. The zero-order valence-electron chi connectivity index (χ0n) is 14.6. The lowest BCUT2D eigenvalue weighted by Crippen LogP contribution is -2.02. The van der Waals surface area contributed by atoms with Crippen LogP contribution in [-0.4, -0.2) is 25.0 Å². The molecule has 1 heterocycles. The van der Waals surface area contributed by atoms with Crippen molar-refractivity contribution in [1.29, 1.82) is 0 Å². The van der Waals surface area contributed by atoms with Crippen LogP contribution in [0.4, 0.5) is 5.69 Å². The number of rotatable bonds is 4. The lowest BCUT2D eigenvalue weighted by molar-refractivity contribution is -0.384. The molecule has 0 atom stereocenters. The average molecular weight is 370 g/mol. The number of phenols is 1. The van der Waals surface area contributed by atoms with Crippen LogP contribution in [0.25, 0.3) is 34.2 Å². The first kappa shape index (κ1) is 17.3. The predicted molar refractivity (Wildman–Crippen MR) is 104 cm³/mol. The number of nitrogens with zero attached hydrogens (tertiary/aromatic N) is 4. The number of nitro benzene ring substituents is 1. The van der Waals surface area contributed by atoms with Crippen molar-refractivity contribution in [1.82, 2.24) is 15.0 Å². The molecule has 0 radical (unpaired) electrons. The van der Waals surface area contributed by atoms with Crippen molar-refractivity contribution in [2.24, 2.45) is 0 Å². The van der Waals surface area contributed by atoms with E-state index in [0.717, 1.165) is 5.56 Å². The summed E-state index contributed by atoms with van der Waals surface area (Å²) in [6.07, 6.45) is 0. The van der Waals surface area contributed by atoms with E-state index in [2.05, 4.69) is 15.0 Å². The Morgan fingerprint density at radius 1 is 0.679 bits per heavy atom. The Morgan fingerprint density at radius 3 is 1.89 bits per heavy atom. The predicted octanol–water partition coefficient (Wildman–Crippen LogP) is 4.49. The summed E-state index contributed by atoms with van der Waals surface area (Å²) in [6, 6.07) is 22.2. The summed E-state index contributed by atoms with van der Waals surface area (Å²) in [5.41, 5.74) is 1.34. The Labute approximate surface area is 160 Å². The first-order chi connectivity index (χ1) is 13.6. The third kappa shape index (κ3) is 3.28. The van der Waals surface area contributed by atoms with Gasteiger partial charge in [0.1, 0.15) is 5.75 Å². The second kappa shape index (κ2) is 7.24. The van der Waals surface area contributed by atoms with E-state index in [-0.39, 0.29) is 28.6 Å². The second-order valence-electron chi connectivity index (χ2n) is 5.96. The summed E-state index contributed by atoms with van der Waals surface area (Å²) in [4.78, 5) is 24.3. The van der Waals surface area contributed by atoms with Gasteiger partial charge < -0.3 is 5.11 Å². The van der Waals surface area contributed by atoms with Crippen molar-refractivity contribution in [2.45, 2.75) is 0 Å². The highest BCUT2D eigenvalue weighted by molar-refractivity contribution is 5.73. The van der Waals surface area contributed by atoms with E-state index in [1.54, 1.807) is 36.4 Å². The van der Waals surface area contributed by atoms with Crippen LogP contribution in [0.1, 0.15) is 0 Å². The molecule has 0 aliphatic heterocycles. The van der Waals surface area contributed by atoms with Gasteiger partial charge in [0.15, 0.2) is 17.5 Å². The highest BCUT2D eigenvalue weighted by Crippen LogP contribution is 2.32. The normalized spacial score (nSPS) is 10.6. The summed E-state index contributed by atoms with van der Waals surface area (Å²) in [5.74, 6) is 0.780. The maximum atomic E-state index is 11.5. The minimum absolute atomic E-state index is 0.0150. The molecular formula is C21H14N4O3. The lowest BCUT2D eigenvalue weighted by Gasteiger charge is -2.09. The first-order valence-corrected chi connectivity index (χ1v) is 8.47. The Kier molecular flexibility index (Phi) is 4.47. The smallest absolute Gasteiger partial charge is 0.280 e. The van der Waals surface area contributed by atoms with Crippen molar-refractivity contribution in [3.8, 4) is 39.9 Å². The molecule has 0 aliphatic rings. The minimum Gasteiger partial charge on any atom is -0.507 e. The van der Waals surface area contributed by atoms with Crippen molar-refractivity contribution >= 4 is 5.69 Å². The minimum atomic E-state index is -0.471.